The lowest BCUT2D eigenvalue weighted by molar-refractivity contribution is -0.116. The molecule has 0 radical (unpaired) electrons. The van der Waals surface area contributed by atoms with Gasteiger partial charge >= 0.3 is 0 Å². The van der Waals surface area contributed by atoms with E-state index in [9.17, 15) is 17.6 Å². The molecule has 0 atom stereocenters. The monoisotopic (exact) mass is 318 g/mol. The lowest BCUT2D eigenvalue weighted by Crippen LogP contribution is -2.38. The van der Waals surface area contributed by atoms with E-state index in [-0.39, 0.29) is 18.8 Å². The Morgan fingerprint density at radius 2 is 2.05 bits per heavy atom. The zero-order valence-electron chi connectivity index (χ0n) is 12.0. The van der Waals surface area contributed by atoms with Crippen molar-refractivity contribution < 1.29 is 22.3 Å². The van der Waals surface area contributed by atoms with Gasteiger partial charge in [0, 0.05) is 20.3 Å². The summed E-state index contributed by atoms with van der Waals surface area (Å²) in [7, 11) is -2.01. The van der Waals surface area contributed by atoms with Gasteiger partial charge in [0.1, 0.15) is 5.82 Å². The SMILES string of the molecule is COCCCN(CC(=O)Nc1ccccc1F)S(C)(=O)=O. The van der Waals surface area contributed by atoms with Crippen LogP contribution in [0.15, 0.2) is 24.3 Å². The first-order chi connectivity index (χ1) is 9.84. The van der Waals surface area contributed by atoms with Crippen molar-refractivity contribution in [1.29, 1.82) is 0 Å². The molecule has 0 heterocycles. The van der Waals surface area contributed by atoms with Crippen molar-refractivity contribution in [2.75, 3.05) is 38.4 Å². The Labute approximate surface area is 123 Å². The van der Waals surface area contributed by atoms with E-state index in [0.29, 0.717) is 13.0 Å². The van der Waals surface area contributed by atoms with Crippen molar-refractivity contribution in [2.45, 2.75) is 6.42 Å². The number of para-hydroxylation sites is 1. The second-order valence-electron chi connectivity index (χ2n) is 4.47. The first kappa shape index (κ1) is 17.5. The van der Waals surface area contributed by atoms with E-state index in [4.69, 9.17) is 4.74 Å². The summed E-state index contributed by atoms with van der Waals surface area (Å²) < 4.78 is 42.5. The molecule has 0 saturated carbocycles. The largest absolute Gasteiger partial charge is 0.385 e. The Balaban J connectivity index is 2.66. The Morgan fingerprint density at radius 3 is 2.62 bits per heavy atom. The number of hydrogen-bond acceptors (Lipinski definition) is 4. The van der Waals surface area contributed by atoms with Gasteiger partial charge in [-0.15, -0.1) is 0 Å². The predicted octanol–water partition coefficient (Wildman–Crippen LogP) is 1.06. The van der Waals surface area contributed by atoms with Crippen molar-refractivity contribution >= 4 is 21.6 Å². The summed E-state index contributed by atoms with van der Waals surface area (Å²) in [5, 5.41) is 2.35. The van der Waals surface area contributed by atoms with Gasteiger partial charge in [0.05, 0.1) is 18.5 Å². The third kappa shape index (κ3) is 6.19. The van der Waals surface area contributed by atoms with Crippen LogP contribution in [0.3, 0.4) is 0 Å². The summed E-state index contributed by atoms with van der Waals surface area (Å²) in [6.45, 7) is 0.190. The van der Waals surface area contributed by atoms with Crippen molar-refractivity contribution in [3.05, 3.63) is 30.1 Å². The van der Waals surface area contributed by atoms with E-state index in [0.717, 1.165) is 10.6 Å². The lowest BCUT2D eigenvalue weighted by atomic mass is 10.3. The van der Waals surface area contributed by atoms with Gasteiger partial charge in [0.15, 0.2) is 0 Å². The van der Waals surface area contributed by atoms with Gasteiger partial charge < -0.3 is 10.1 Å². The van der Waals surface area contributed by atoms with Crippen LogP contribution < -0.4 is 5.32 Å². The number of hydrogen-bond donors (Lipinski definition) is 1. The van der Waals surface area contributed by atoms with Gasteiger partial charge in [-0.05, 0) is 18.6 Å². The van der Waals surface area contributed by atoms with Crippen LogP contribution in [0.25, 0.3) is 0 Å². The molecule has 118 valence electrons. The summed E-state index contributed by atoms with van der Waals surface area (Å²) in [5.74, 6) is -1.17. The average Bonchev–Trinajstić information content (AvgIpc) is 2.39. The second kappa shape index (κ2) is 8.06. The van der Waals surface area contributed by atoms with Gasteiger partial charge in [-0.2, -0.15) is 4.31 Å². The number of anilines is 1. The highest BCUT2D eigenvalue weighted by Crippen LogP contribution is 2.12. The van der Waals surface area contributed by atoms with Crippen LogP contribution in [0.4, 0.5) is 10.1 Å². The molecular weight excluding hydrogens is 299 g/mol. The van der Waals surface area contributed by atoms with Crippen LogP contribution in [0, 0.1) is 5.82 Å². The van der Waals surface area contributed by atoms with Crippen molar-refractivity contribution in [3.63, 3.8) is 0 Å². The summed E-state index contributed by atoms with van der Waals surface area (Å²) >= 11 is 0. The number of sulfonamides is 1. The van der Waals surface area contributed by atoms with Crippen LogP contribution in [0.2, 0.25) is 0 Å². The van der Waals surface area contributed by atoms with Crippen LogP contribution in [0.1, 0.15) is 6.42 Å². The van der Waals surface area contributed by atoms with Crippen molar-refractivity contribution in [1.82, 2.24) is 4.31 Å². The molecule has 1 rings (SSSR count). The average molecular weight is 318 g/mol. The van der Waals surface area contributed by atoms with E-state index in [1.165, 1.54) is 25.3 Å². The molecular formula is C13H19FN2O4S. The number of nitrogens with zero attached hydrogens (tertiary/aromatic N) is 1. The number of amides is 1. The van der Waals surface area contributed by atoms with Gasteiger partial charge in [-0.1, -0.05) is 12.1 Å². The molecule has 1 aromatic carbocycles. The third-order valence-corrected chi connectivity index (χ3v) is 3.94. The molecule has 0 unspecified atom stereocenters. The quantitative estimate of drug-likeness (QED) is 0.727. The number of ether oxygens (including phenoxy) is 1. The van der Waals surface area contributed by atoms with Gasteiger partial charge in [-0.3, -0.25) is 4.79 Å². The fourth-order valence-electron chi connectivity index (χ4n) is 1.66. The fourth-order valence-corrected chi connectivity index (χ4v) is 2.47. The number of benzene rings is 1. The number of halogens is 1. The maximum absolute atomic E-state index is 13.4. The van der Waals surface area contributed by atoms with Crippen LogP contribution in [-0.4, -0.2) is 51.7 Å². The Bertz CT molecular complexity index is 577. The minimum atomic E-state index is -3.52. The normalized spacial score (nSPS) is 11.6. The van der Waals surface area contributed by atoms with E-state index in [2.05, 4.69) is 5.32 Å². The third-order valence-electron chi connectivity index (χ3n) is 2.69. The second-order valence-corrected chi connectivity index (χ2v) is 6.45. The molecule has 0 aliphatic carbocycles. The molecule has 0 saturated heterocycles. The highest BCUT2D eigenvalue weighted by molar-refractivity contribution is 7.88. The van der Waals surface area contributed by atoms with E-state index in [1.807, 2.05) is 0 Å². The van der Waals surface area contributed by atoms with Crippen LogP contribution in [-0.2, 0) is 19.6 Å². The minimum Gasteiger partial charge on any atom is -0.385 e. The van der Waals surface area contributed by atoms with Crippen LogP contribution >= 0.6 is 0 Å². The first-order valence-electron chi connectivity index (χ1n) is 6.33. The molecule has 0 aliphatic heterocycles. The van der Waals surface area contributed by atoms with Crippen molar-refractivity contribution in [3.8, 4) is 0 Å². The Hall–Kier alpha value is -1.51. The molecule has 1 N–H and O–H groups in total. The molecule has 0 spiro atoms. The maximum Gasteiger partial charge on any atom is 0.239 e. The summed E-state index contributed by atoms with van der Waals surface area (Å²) in [5.41, 5.74) is 0.0212. The number of carbonyl (C=O) groups excluding carboxylic acids is 1. The number of rotatable bonds is 8. The zero-order chi connectivity index (χ0) is 15.9. The molecule has 6 nitrogen and oxygen atoms in total. The van der Waals surface area contributed by atoms with E-state index in [1.54, 1.807) is 6.07 Å². The highest BCUT2D eigenvalue weighted by Gasteiger charge is 2.20. The van der Waals surface area contributed by atoms with Gasteiger partial charge in [-0.25, -0.2) is 12.8 Å². The summed E-state index contributed by atoms with van der Waals surface area (Å²) in [6, 6.07) is 5.69. The number of nitrogens with one attached hydrogen (secondary N) is 1. The summed E-state index contributed by atoms with van der Waals surface area (Å²) in [6.07, 6.45) is 1.49. The molecule has 1 amide bonds. The molecule has 8 heteroatoms. The van der Waals surface area contributed by atoms with Crippen LogP contribution in [0.5, 0.6) is 0 Å². The highest BCUT2D eigenvalue weighted by atomic mass is 32.2. The Morgan fingerprint density at radius 1 is 1.38 bits per heavy atom. The van der Waals surface area contributed by atoms with E-state index >= 15 is 0 Å². The maximum atomic E-state index is 13.4. The summed E-state index contributed by atoms with van der Waals surface area (Å²) in [4.78, 5) is 11.8. The van der Waals surface area contributed by atoms with Gasteiger partial charge in [0.25, 0.3) is 0 Å². The first-order valence-corrected chi connectivity index (χ1v) is 8.18. The zero-order valence-corrected chi connectivity index (χ0v) is 12.8. The number of methoxy groups -OCH3 is 1. The smallest absolute Gasteiger partial charge is 0.239 e. The minimum absolute atomic E-state index is 0.0212. The topological polar surface area (TPSA) is 75.7 Å². The predicted molar refractivity (Wildman–Crippen MR) is 77.9 cm³/mol. The fraction of sp³-hybridized carbons (Fsp3) is 0.462. The molecule has 0 fully saturated rings. The van der Waals surface area contributed by atoms with Gasteiger partial charge in [0.2, 0.25) is 15.9 Å². The molecule has 0 aliphatic rings. The van der Waals surface area contributed by atoms with Crippen molar-refractivity contribution in [2.24, 2.45) is 0 Å². The van der Waals surface area contributed by atoms with E-state index < -0.39 is 21.7 Å². The molecule has 21 heavy (non-hydrogen) atoms. The standard InChI is InChI=1S/C13H19FN2O4S/c1-20-9-5-8-16(21(2,18)19)10-13(17)15-12-7-4-3-6-11(12)14/h3-4,6-7H,5,8-10H2,1-2H3,(H,15,17). The molecule has 0 aromatic heterocycles. The molecule has 1 aromatic rings. The molecule has 0 bridgehead atoms. The lowest BCUT2D eigenvalue weighted by Gasteiger charge is -2.19. The Kier molecular flexibility index (Phi) is 6.73. The number of carbonyl (C=O) groups is 1.